The Bertz CT molecular complexity index is 336. The number of ketones is 1. The Kier molecular flexibility index (Phi) is 2.91. The molecule has 3 amide bonds. The molecule has 2 aliphatic rings. The van der Waals surface area contributed by atoms with Crippen LogP contribution in [0.1, 0.15) is 6.42 Å². The fourth-order valence-corrected chi connectivity index (χ4v) is 1.90. The molecular weight excluding hydrogens is 212 g/mol. The molecule has 0 aromatic rings. The standard InChI is InChI=1S/C10H14N2O4/c1-11-5-9(14)12(10(11)15)4-8(13)7-2-3-16-6-7/h7H,2-6H2,1H3. The smallest absolute Gasteiger partial charge is 0.327 e. The van der Waals surface area contributed by atoms with Crippen molar-refractivity contribution in [2.75, 3.05) is 33.4 Å². The van der Waals surface area contributed by atoms with Gasteiger partial charge in [0.2, 0.25) is 0 Å². The van der Waals surface area contributed by atoms with Crippen LogP contribution >= 0.6 is 0 Å². The summed E-state index contributed by atoms with van der Waals surface area (Å²) < 4.78 is 5.10. The molecule has 1 unspecified atom stereocenters. The first-order valence-corrected chi connectivity index (χ1v) is 5.25. The highest BCUT2D eigenvalue weighted by Crippen LogP contribution is 2.16. The summed E-state index contributed by atoms with van der Waals surface area (Å²) >= 11 is 0. The number of carbonyl (C=O) groups excluding carboxylic acids is 3. The molecule has 0 aliphatic carbocycles. The monoisotopic (exact) mass is 226 g/mol. The molecule has 0 bridgehead atoms. The molecule has 2 rings (SSSR count). The second-order valence-electron chi connectivity index (χ2n) is 4.15. The summed E-state index contributed by atoms with van der Waals surface area (Å²) in [5.41, 5.74) is 0. The molecule has 0 N–H and O–H groups in total. The number of Topliss-reactive ketones (excluding diaryl/α,β-unsaturated/α-hetero) is 1. The van der Waals surface area contributed by atoms with E-state index in [0.717, 1.165) is 4.90 Å². The number of nitrogens with zero attached hydrogens (tertiary/aromatic N) is 2. The van der Waals surface area contributed by atoms with Crippen LogP contribution < -0.4 is 0 Å². The van der Waals surface area contributed by atoms with E-state index in [1.807, 2.05) is 0 Å². The van der Waals surface area contributed by atoms with Crippen molar-refractivity contribution in [2.24, 2.45) is 5.92 Å². The van der Waals surface area contributed by atoms with Gasteiger partial charge in [-0.2, -0.15) is 0 Å². The quantitative estimate of drug-likeness (QED) is 0.608. The Hall–Kier alpha value is -1.43. The van der Waals surface area contributed by atoms with Gasteiger partial charge >= 0.3 is 6.03 Å². The van der Waals surface area contributed by atoms with Crippen molar-refractivity contribution < 1.29 is 19.1 Å². The minimum absolute atomic E-state index is 0.0628. The predicted molar refractivity (Wildman–Crippen MR) is 53.7 cm³/mol. The van der Waals surface area contributed by atoms with Gasteiger partial charge in [0.25, 0.3) is 5.91 Å². The lowest BCUT2D eigenvalue weighted by Crippen LogP contribution is -2.38. The first-order chi connectivity index (χ1) is 7.59. The highest BCUT2D eigenvalue weighted by Gasteiger charge is 2.36. The van der Waals surface area contributed by atoms with Gasteiger partial charge < -0.3 is 9.64 Å². The maximum atomic E-state index is 11.8. The van der Waals surface area contributed by atoms with Crippen molar-refractivity contribution in [1.29, 1.82) is 0 Å². The van der Waals surface area contributed by atoms with Gasteiger partial charge in [-0.25, -0.2) is 4.79 Å². The average molecular weight is 226 g/mol. The first kappa shape index (κ1) is 11.1. The average Bonchev–Trinajstić information content (AvgIpc) is 2.83. The molecule has 16 heavy (non-hydrogen) atoms. The number of rotatable bonds is 3. The molecule has 0 aromatic carbocycles. The van der Waals surface area contributed by atoms with Crippen LogP contribution in [-0.4, -0.2) is 60.9 Å². The molecule has 0 radical (unpaired) electrons. The van der Waals surface area contributed by atoms with Crippen LogP contribution in [-0.2, 0) is 14.3 Å². The topological polar surface area (TPSA) is 66.9 Å². The molecule has 6 nitrogen and oxygen atoms in total. The third-order valence-corrected chi connectivity index (χ3v) is 2.93. The molecule has 0 aromatic heterocycles. The molecular formula is C10H14N2O4. The minimum Gasteiger partial charge on any atom is -0.381 e. The van der Waals surface area contributed by atoms with Crippen molar-refractivity contribution >= 4 is 17.7 Å². The fraction of sp³-hybridized carbons (Fsp3) is 0.700. The van der Waals surface area contributed by atoms with Gasteiger partial charge in [0, 0.05) is 19.6 Å². The Balaban J connectivity index is 1.96. The number of hydrogen-bond acceptors (Lipinski definition) is 4. The van der Waals surface area contributed by atoms with Crippen LogP contribution in [0.5, 0.6) is 0 Å². The minimum atomic E-state index is -0.391. The zero-order valence-corrected chi connectivity index (χ0v) is 9.14. The number of carbonyl (C=O) groups is 3. The summed E-state index contributed by atoms with van der Waals surface area (Å²) in [6.07, 6.45) is 0.685. The van der Waals surface area contributed by atoms with E-state index in [2.05, 4.69) is 0 Å². The Morgan fingerprint density at radius 2 is 2.25 bits per heavy atom. The van der Waals surface area contributed by atoms with Crippen molar-refractivity contribution in [3.63, 3.8) is 0 Å². The molecule has 2 fully saturated rings. The van der Waals surface area contributed by atoms with Crippen LogP contribution in [0.25, 0.3) is 0 Å². The molecule has 0 spiro atoms. The zero-order valence-electron chi connectivity index (χ0n) is 9.14. The predicted octanol–water partition coefficient (Wildman–Crippen LogP) is -0.514. The number of urea groups is 1. The van der Waals surface area contributed by atoms with E-state index < -0.39 is 6.03 Å². The van der Waals surface area contributed by atoms with E-state index in [4.69, 9.17) is 4.74 Å². The lowest BCUT2D eigenvalue weighted by Gasteiger charge is -2.15. The lowest BCUT2D eigenvalue weighted by molar-refractivity contribution is -0.131. The van der Waals surface area contributed by atoms with Crippen LogP contribution in [0, 0.1) is 5.92 Å². The second-order valence-corrected chi connectivity index (χ2v) is 4.15. The van der Waals surface area contributed by atoms with Crippen molar-refractivity contribution in [3.05, 3.63) is 0 Å². The normalized spacial score (nSPS) is 25.7. The second kappa shape index (κ2) is 4.21. The molecule has 88 valence electrons. The van der Waals surface area contributed by atoms with E-state index >= 15 is 0 Å². The zero-order chi connectivity index (χ0) is 11.7. The van der Waals surface area contributed by atoms with Crippen LogP contribution in [0.15, 0.2) is 0 Å². The number of imide groups is 1. The molecule has 2 aliphatic heterocycles. The lowest BCUT2D eigenvalue weighted by atomic mass is 10.0. The Labute approximate surface area is 93.1 Å². The van der Waals surface area contributed by atoms with Gasteiger partial charge in [0.1, 0.15) is 6.54 Å². The summed E-state index contributed by atoms with van der Waals surface area (Å²) in [4.78, 5) is 37.0. The summed E-state index contributed by atoms with van der Waals surface area (Å²) in [6.45, 7) is 0.937. The molecule has 0 saturated carbocycles. The number of likely N-dealkylation sites (N-methyl/N-ethyl adjacent to an activating group) is 1. The highest BCUT2D eigenvalue weighted by atomic mass is 16.5. The number of ether oxygens (including phenoxy) is 1. The SMILES string of the molecule is CN1CC(=O)N(CC(=O)C2CCOC2)C1=O. The van der Waals surface area contributed by atoms with Gasteiger partial charge in [0.15, 0.2) is 5.78 Å². The molecule has 6 heteroatoms. The summed E-state index contributed by atoms with van der Waals surface area (Å²) in [5, 5.41) is 0. The maximum Gasteiger partial charge on any atom is 0.327 e. The third-order valence-electron chi connectivity index (χ3n) is 2.93. The molecule has 2 saturated heterocycles. The van der Waals surface area contributed by atoms with E-state index in [0.29, 0.717) is 19.6 Å². The maximum absolute atomic E-state index is 11.8. The van der Waals surface area contributed by atoms with Gasteiger partial charge in [0.05, 0.1) is 13.2 Å². The Morgan fingerprint density at radius 1 is 1.50 bits per heavy atom. The Morgan fingerprint density at radius 3 is 2.75 bits per heavy atom. The number of amides is 3. The van der Waals surface area contributed by atoms with E-state index in [9.17, 15) is 14.4 Å². The van der Waals surface area contributed by atoms with Crippen molar-refractivity contribution in [2.45, 2.75) is 6.42 Å². The van der Waals surface area contributed by atoms with Crippen molar-refractivity contribution in [1.82, 2.24) is 9.80 Å². The van der Waals surface area contributed by atoms with E-state index in [1.165, 1.54) is 4.90 Å². The number of hydrogen-bond donors (Lipinski definition) is 0. The molecule has 2 heterocycles. The van der Waals surface area contributed by atoms with Gasteiger partial charge in [-0.05, 0) is 6.42 Å². The van der Waals surface area contributed by atoms with Crippen LogP contribution in [0.3, 0.4) is 0 Å². The van der Waals surface area contributed by atoms with Gasteiger partial charge in [-0.3, -0.25) is 14.5 Å². The first-order valence-electron chi connectivity index (χ1n) is 5.25. The summed E-state index contributed by atoms with van der Waals surface area (Å²) in [7, 11) is 1.55. The van der Waals surface area contributed by atoms with Gasteiger partial charge in [-0.1, -0.05) is 0 Å². The summed E-state index contributed by atoms with van der Waals surface area (Å²) in [6, 6.07) is -0.391. The molecule has 1 atom stereocenters. The highest BCUT2D eigenvalue weighted by molar-refractivity contribution is 6.04. The third kappa shape index (κ3) is 1.92. The van der Waals surface area contributed by atoms with Crippen molar-refractivity contribution in [3.8, 4) is 0 Å². The summed E-state index contributed by atoms with van der Waals surface area (Å²) in [5.74, 6) is -0.555. The largest absolute Gasteiger partial charge is 0.381 e. The van der Waals surface area contributed by atoms with Crippen LogP contribution in [0.2, 0.25) is 0 Å². The van der Waals surface area contributed by atoms with Crippen LogP contribution in [0.4, 0.5) is 4.79 Å². The fourth-order valence-electron chi connectivity index (χ4n) is 1.90. The van der Waals surface area contributed by atoms with E-state index in [-0.39, 0.29) is 30.7 Å². The van der Waals surface area contributed by atoms with Gasteiger partial charge in [-0.15, -0.1) is 0 Å². The van der Waals surface area contributed by atoms with E-state index in [1.54, 1.807) is 7.05 Å².